The molecule has 0 aliphatic rings. The van der Waals surface area contributed by atoms with Crippen molar-refractivity contribution >= 4 is 33.7 Å². The molecular formula is C10H12BrNO2S. The zero-order valence-corrected chi connectivity index (χ0v) is 10.8. The summed E-state index contributed by atoms with van der Waals surface area (Å²) in [6.07, 6.45) is 2.17. The predicted octanol–water partition coefficient (Wildman–Crippen LogP) is 2.89. The van der Waals surface area contributed by atoms with Gasteiger partial charge in [0, 0.05) is 16.4 Å². The van der Waals surface area contributed by atoms with Crippen molar-refractivity contribution in [3.05, 3.63) is 22.8 Å². The number of ether oxygens (including phenoxy) is 1. The second kappa shape index (κ2) is 6.85. The molecule has 0 atom stereocenters. The molecule has 1 aromatic heterocycles. The number of nitrogens with zero attached hydrogens (tertiary/aromatic N) is 1. The number of aromatic nitrogens is 1. The molecule has 0 unspecified atom stereocenters. The summed E-state index contributed by atoms with van der Waals surface area (Å²) in [5.41, 5.74) is 0. The van der Waals surface area contributed by atoms with Crippen LogP contribution in [-0.2, 0) is 9.53 Å². The van der Waals surface area contributed by atoms with Gasteiger partial charge in [0.2, 0.25) is 0 Å². The fourth-order valence-corrected chi connectivity index (χ4v) is 1.92. The Morgan fingerprint density at radius 3 is 3.00 bits per heavy atom. The van der Waals surface area contributed by atoms with E-state index in [0.29, 0.717) is 18.8 Å². The molecule has 1 heterocycles. The van der Waals surface area contributed by atoms with Crippen LogP contribution in [0.15, 0.2) is 27.8 Å². The molecule has 0 amide bonds. The summed E-state index contributed by atoms with van der Waals surface area (Å²) < 4.78 is 5.77. The molecule has 0 spiro atoms. The Bertz CT molecular complexity index is 316. The lowest BCUT2D eigenvalue weighted by Gasteiger charge is -2.01. The van der Waals surface area contributed by atoms with E-state index >= 15 is 0 Å². The molecule has 82 valence electrons. The molecule has 1 rings (SSSR count). The first-order valence-corrected chi connectivity index (χ1v) is 6.40. The van der Waals surface area contributed by atoms with Crippen molar-refractivity contribution in [3.63, 3.8) is 0 Å². The highest BCUT2D eigenvalue weighted by Gasteiger charge is 2.02. The van der Waals surface area contributed by atoms with E-state index in [1.807, 2.05) is 12.1 Å². The van der Waals surface area contributed by atoms with Crippen LogP contribution in [0.25, 0.3) is 0 Å². The fourth-order valence-electron chi connectivity index (χ4n) is 0.920. The minimum atomic E-state index is -0.151. The summed E-state index contributed by atoms with van der Waals surface area (Å²) in [7, 11) is 0. The number of hydrogen-bond donors (Lipinski definition) is 0. The molecule has 0 fully saturated rings. The average Bonchev–Trinajstić information content (AvgIpc) is 2.21. The van der Waals surface area contributed by atoms with Crippen LogP contribution >= 0.6 is 27.7 Å². The number of carbonyl (C=O) groups excluding carboxylic acids is 1. The van der Waals surface area contributed by atoms with Crippen LogP contribution in [0.5, 0.6) is 0 Å². The SMILES string of the molecule is CCOC(=O)CCSc1ccc(Br)cn1. The van der Waals surface area contributed by atoms with Gasteiger partial charge < -0.3 is 4.74 Å². The number of esters is 1. The summed E-state index contributed by atoms with van der Waals surface area (Å²) in [6.45, 7) is 2.25. The fraction of sp³-hybridized carbons (Fsp3) is 0.400. The average molecular weight is 290 g/mol. The zero-order valence-electron chi connectivity index (χ0n) is 8.40. The molecule has 0 bridgehead atoms. The first kappa shape index (κ1) is 12.5. The van der Waals surface area contributed by atoms with Crippen LogP contribution in [0.1, 0.15) is 13.3 Å². The van der Waals surface area contributed by atoms with E-state index in [1.165, 1.54) is 0 Å². The van der Waals surface area contributed by atoms with E-state index < -0.39 is 0 Å². The Hall–Kier alpha value is -0.550. The Kier molecular flexibility index (Phi) is 5.71. The molecule has 0 N–H and O–H groups in total. The summed E-state index contributed by atoms with van der Waals surface area (Å²) in [6, 6.07) is 3.85. The van der Waals surface area contributed by atoms with Gasteiger partial charge >= 0.3 is 5.97 Å². The van der Waals surface area contributed by atoms with E-state index in [1.54, 1.807) is 24.9 Å². The van der Waals surface area contributed by atoms with Gasteiger partial charge in [-0.3, -0.25) is 4.79 Å². The van der Waals surface area contributed by atoms with Gasteiger partial charge in [-0.1, -0.05) is 0 Å². The molecule has 1 aromatic rings. The van der Waals surface area contributed by atoms with Gasteiger partial charge in [0.15, 0.2) is 0 Å². The number of pyridine rings is 1. The summed E-state index contributed by atoms with van der Waals surface area (Å²) in [5.74, 6) is 0.551. The number of rotatable bonds is 5. The van der Waals surface area contributed by atoms with Crippen LogP contribution < -0.4 is 0 Å². The first-order chi connectivity index (χ1) is 7.22. The van der Waals surface area contributed by atoms with Gasteiger partial charge in [0.05, 0.1) is 18.1 Å². The van der Waals surface area contributed by atoms with Crippen LogP contribution in [0, 0.1) is 0 Å². The highest BCUT2D eigenvalue weighted by molar-refractivity contribution is 9.10. The topological polar surface area (TPSA) is 39.2 Å². The molecule has 0 aliphatic heterocycles. The second-order valence-electron chi connectivity index (χ2n) is 2.72. The minimum Gasteiger partial charge on any atom is -0.466 e. The van der Waals surface area contributed by atoms with Crippen molar-refractivity contribution in [1.29, 1.82) is 0 Å². The quantitative estimate of drug-likeness (QED) is 0.617. The number of halogens is 1. The maximum absolute atomic E-state index is 11.0. The van der Waals surface area contributed by atoms with E-state index in [2.05, 4.69) is 20.9 Å². The normalized spacial score (nSPS) is 10.0. The summed E-state index contributed by atoms with van der Waals surface area (Å²) in [5, 5.41) is 0.919. The van der Waals surface area contributed by atoms with Crippen LogP contribution in [-0.4, -0.2) is 23.3 Å². The van der Waals surface area contributed by atoms with Crippen molar-refractivity contribution in [2.45, 2.75) is 18.4 Å². The van der Waals surface area contributed by atoms with Gasteiger partial charge in [-0.05, 0) is 35.0 Å². The number of thioether (sulfide) groups is 1. The van der Waals surface area contributed by atoms with Gasteiger partial charge in [0.1, 0.15) is 0 Å². The summed E-state index contributed by atoms with van der Waals surface area (Å²) >= 11 is 4.86. The number of hydrogen-bond acceptors (Lipinski definition) is 4. The second-order valence-corrected chi connectivity index (χ2v) is 4.75. The van der Waals surface area contributed by atoms with E-state index in [4.69, 9.17) is 4.74 Å². The first-order valence-electron chi connectivity index (χ1n) is 4.62. The van der Waals surface area contributed by atoms with Gasteiger partial charge in [0.25, 0.3) is 0 Å². The Balaban J connectivity index is 2.26. The zero-order chi connectivity index (χ0) is 11.1. The third-order valence-electron chi connectivity index (χ3n) is 1.56. The lowest BCUT2D eigenvalue weighted by Crippen LogP contribution is -2.04. The van der Waals surface area contributed by atoms with E-state index in [-0.39, 0.29) is 5.97 Å². The standard InChI is InChI=1S/C10H12BrNO2S/c1-2-14-10(13)5-6-15-9-4-3-8(11)7-12-9/h3-4,7H,2,5-6H2,1H3. The molecule has 5 heteroatoms. The molecule has 0 saturated heterocycles. The Labute approximate surface area is 102 Å². The van der Waals surface area contributed by atoms with Gasteiger partial charge in [-0.2, -0.15) is 0 Å². The lowest BCUT2D eigenvalue weighted by atomic mass is 10.5. The van der Waals surface area contributed by atoms with Crippen molar-refractivity contribution in [2.75, 3.05) is 12.4 Å². The third-order valence-corrected chi connectivity index (χ3v) is 2.98. The molecule has 3 nitrogen and oxygen atoms in total. The highest BCUT2D eigenvalue weighted by atomic mass is 79.9. The van der Waals surface area contributed by atoms with E-state index in [9.17, 15) is 4.79 Å². The van der Waals surface area contributed by atoms with Crippen molar-refractivity contribution in [1.82, 2.24) is 4.98 Å². The summed E-state index contributed by atoms with van der Waals surface area (Å²) in [4.78, 5) is 15.2. The van der Waals surface area contributed by atoms with Crippen molar-refractivity contribution in [3.8, 4) is 0 Å². The molecule has 0 aromatic carbocycles. The maximum Gasteiger partial charge on any atom is 0.306 e. The van der Waals surface area contributed by atoms with Crippen LogP contribution in [0.2, 0.25) is 0 Å². The van der Waals surface area contributed by atoms with E-state index in [0.717, 1.165) is 9.50 Å². The predicted molar refractivity (Wildman–Crippen MR) is 63.9 cm³/mol. The largest absolute Gasteiger partial charge is 0.466 e. The Morgan fingerprint density at radius 1 is 1.60 bits per heavy atom. The highest BCUT2D eigenvalue weighted by Crippen LogP contribution is 2.18. The van der Waals surface area contributed by atoms with Gasteiger partial charge in [-0.25, -0.2) is 4.98 Å². The molecule has 0 radical (unpaired) electrons. The third kappa shape index (κ3) is 5.18. The van der Waals surface area contributed by atoms with Crippen molar-refractivity contribution in [2.24, 2.45) is 0 Å². The lowest BCUT2D eigenvalue weighted by molar-refractivity contribution is -0.142. The minimum absolute atomic E-state index is 0.151. The number of carbonyl (C=O) groups is 1. The maximum atomic E-state index is 11.0. The van der Waals surface area contributed by atoms with Gasteiger partial charge in [-0.15, -0.1) is 11.8 Å². The smallest absolute Gasteiger partial charge is 0.306 e. The molecular weight excluding hydrogens is 278 g/mol. The Morgan fingerprint density at radius 2 is 2.40 bits per heavy atom. The monoisotopic (exact) mass is 289 g/mol. The van der Waals surface area contributed by atoms with Crippen LogP contribution in [0.4, 0.5) is 0 Å². The molecule has 0 aliphatic carbocycles. The van der Waals surface area contributed by atoms with Crippen molar-refractivity contribution < 1.29 is 9.53 Å². The molecule has 15 heavy (non-hydrogen) atoms. The molecule has 0 saturated carbocycles. The van der Waals surface area contributed by atoms with Crippen LogP contribution in [0.3, 0.4) is 0 Å².